The minimum atomic E-state index is -0.385. The van der Waals surface area contributed by atoms with Crippen molar-refractivity contribution >= 4 is 5.91 Å². The van der Waals surface area contributed by atoms with E-state index in [1.54, 1.807) is 6.92 Å². The summed E-state index contributed by atoms with van der Waals surface area (Å²) in [5.74, 6) is -0.0253. The summed E-state index contributed by atoms with van der Waals surface area (Å²) in [7, 11) is 0. The maximum atomic E-state index is 11.3. The minimum absolute atomic E-state index is 0.0253. The minimum Gasteiger partial charge on any atom is -0.352 e. The predicted octanol–water partition coefficient (Wildman–Crippen LogP) is 1.03. The molecule has 1 amide bonds. The molecule has 1 aliphatic carbocycles. The SMILES string of the molecule is C[C@H](N)C(=O)NC1CCC(C)(C)C1. The van der Waals surface area contributed by atoms with E-state index in [0.29, 0.717) is 11.5 Å². The van der Waals surface area contributed by atoms with E-state index in [-0.39, 0.29) is 11.9 Å². The zero-order valence-corrected chi connectivity index (χ0v) is 8.76. The van der Waals surface area contributed by atoms with E-state index in [9.17, 15) is 4.79 Å². The van der Waals surface area contributed by atoms with Gasteiger partial charge in [-0.25, -0.2) is 0 Å². The van der Waals surface area contributed by atoms with Gasteiger partial charge in [-0.15, -0.1) is 0 Å². The number of nitrogens with one attached hydrogen (secondary N) is 1. The molecule has 0 aromatic rings. The van der Waals surface area contributed by atoms with Gasteiger partial charge in [0.25, 0.3) is 0 Å². The van der Waals surface area contributed by atoms with Gasteiger partial charge < -0.3 is 11.1 Å². The molecule has 0 heterocycles. The van der Waals surface area contributed by atoms with Gasteiger partial charge in [0.05, 0.1) is 6.04 Å². The number of carbonyl (C=O) groups excluding carboxylic acids is 1. The van der Waals surface area contributed by atoms with E-state index in [4.69, 9.17) is 5.73 Å². The predicted molar refractivity (Wildman–Crippen MR) is 53.2 cm³/mol. The van der Waals surface area contributed by atoms with Gasteiger partial charge in [-0.2, -0.15) is 0 Å². The Morgan fingerprint density at radius 3 is 2.62 bits per heavy atom. The van der Waals surface area contributed by atoms with Crippen molar-refractivity contribution in [2.24, 2.45) is 11.1 Å². The van der Waals surface area contributed by atoms with Crippen LogP contribution in [0.3, 0.4) is 0 Å². The number of hydrogen-bond donors (Lipinski definition) is 2. The van der Waals surface area contributed by atoms with Crippen LogP contribution in [0.2, 0.25) is 0 Å². The maximum absolute atomic E-state index is 11.3. The Bertz CT molecular complexity index is 199. The Labute approximate surface area is 80.1 Å². The van der Waals surface area contributed by atoms with Crippen LogP contribution in [0, 0.1) is 5.41 Å². The molecular weight excluding hydrogens is 164 g/mol. The number of hydrogen-bond acceptors (Lipinski definition) is 2. The van der Waals surface area contributed by atoms with Crippen LogP contribution in [0.15, 0.2) is 0 Å². The molecule has 2 atom stereocenters. The lowest BCUT2D eigenvalue weighted by Crippen LogP contribution is -2.43. The lowest BCUT2D eigenvalue weighted by Gasteiger charge is -2.18. The first-order valence-electron chi connectivity index (χ1n) is 4.97. The molecule has 3 nitrogen and oxygen atoms in total. The molecule has 3 heteroatoms. The van der Waals surface area contributed by atoms with Gasteiger partial charge in [-0.1, -0.05) is 13.8 Å². The molecule has 1 unspecified atom stereocenters. The molecule has 1 rings (SSSR count). The maximum Gasteiger partial charge on any atom is 0.236 e. The largest absolute Gasteiger partial charge is 0.352 e. The molecule has 13 heavy (non-hydrogen) atoms. The van der Waals surface area contributed by atoms with Gasteiger partial charge in [0.1, 0.15) is 0 Å². The van der Waals surface area contributed by atoms with Crippen LogP contribution in [-0.4, -0.2) is 18.0 Å². The Hall–Kier alpha value is -0.570. The van der Waals surface area contributed by atoms with E-state index >= 15 is 0 Å². The summed E-state index contributed by atoms with van der Waals surface area (Å²) in [5.41, 5.74) is 5.85. The molecule has 0 radical (unpaired) electrons. The van der Waals surface area contributed by atoms with Crippen LogP contribution in [-0.2, 0) is 4.79 Å². The molecule has 76 valence electrons. The first-order chi connectivity index (χ1) is 5.91. The third-order valence-corrected chi connectivity index (χ3v) is 2.73. The molecule has 0 bridgehead atoms. The average Bonchev–Trinajstić information content (AvgIpc) is 2.30. The van der Waals surface area contributed by atoms with Crippen molar-refractivity contribution in [1.29, 1.82) is 0 Å². The first kappa shape index (κ1) is 10.5. The summed E-state index contributed by atoms with van der Waals surface area (Å²) in [6.45, 7) is 6.20. The van der Waals surface area contributed by atoms with E-state index in [1.807, 2.05) is 0 Å². The van der Waals surface area contributed by atoms with Crippen molar-refractivity contribution in [3.8, 4) is 0 Å². The van der Waals surface area contributed by atoms with Crippen LogP contribution in [0.1, 0.15) is 40.0 Å². The Kier molecular flexibility index (Phi) is 2.96. The molecule has 1 fully saturated rings. The summed E-state index contributed by atoms with van der Waals surface area (Å²) < 4.78 is 0. The monoisotopic (exact) mass is 184 g/mol. The number of carbonyl (C=O) groups is 1. The van der Waals surface area contributed by atoms with E-state index in [0.717, 1.165) is 12.8 Å². The van der Waals surface area contributed by atoms with Crippen molar-refractivity contribution in [1.82, 2.24) is 5.32 Å². The lowest BCUT2D eigenvalue weighted by molar-refractivity contribution is -0.122. The topological polar surface area (TPSA) is 55.1 Å². The summed E-state index contributed by atoms with van der Waals surface area (Å²) in [5, 5.41) is 2.97. The third-order valence-electron chi connectivity index (χ3n) is 2.73. The van der Waals surface area contributed by atoms with Gasteiger partial charge in [0, 0.05) is 6.04 Å². The number of amides is 1. The van der Waals surface area contributed by atoms with Crippen LogP contribution in [0.4, 0.5) is 0 Å². The Morgan fingerprint density at radius 2 is 2.23 bits per heavy atom. The van der Waals surface area contributed by atoms with Gasteiger partial charge in [0.15, 0.2) is 0 Å². The highest BCUT2D eigenvalue weighted by Gasteiger charge is 2.31. The first-order valence-corrected chi connectivity index (χ1v) is 4.97. The fourth-order valence-corrected chi connectivity index (χ4v) is 1.89. The molecule has 1 aliphatic rings. The van der Waals surface area contributed by atoms with Crippen molar-refractivity contribution in [3.05, 3.63) is 0 Å². The zero-order valence-electron chi connectivity index (χ0n) is 8.76. The summed E-state index contributed by atoms with van der Waals surface area (Å²) in [6, 6.07) is -0.0442. The smallest absolute Gasteiger partial charge is 0.236 e. The Balaban J connectivity index is 2.37. The standard InChI is InChI=1S/C10H20N2O/c1-7(11)9(13)12-8-4-5-10(2,3)6-8/h7-8H,4-6,11H2,1-3H3,(H,12,13)/t7-,8?/m0/s1. The summed E-state index contributed by atoms with van der Waals surface area (Å²) >= 11 is 0. The molecule has 0 aliphatic heterocycles. The second-order valence-corrected chi connectivity index (χ2v) is 4.90. The van der Waals surface area contributed by atoms with Crippen LogP contribution in [0.5, 0.6) is 0 Å². The summed E-state index contributed by atoms with van der Waals surface area (Å²) in [4.78, 5) is 11.3. The molecule has 3 N–H and O–H groups in total. The normalized spacial score (nSPS) is 28.5. The highest BCUT2D eigenvalue weighted by Crippen LogP contribution is 2.36. The highest BCUT2D eigenvalue weighted by molar-refractivity contribution is 5.81. The second kappa shape index (κ2) is 3.66. The van der Waals surface area contributed by atoms with E-state index < -0.39 is 0 Å². The van der Waals surface area contributed by atoms with Crippen molar-refractivity contribution in [3.63, 3.8) is 0 Å². The van der Waals surface area contributed by atoms with Gasteiger partial charge in [0.2, 0.25) is 5.91 Å². The van der Waals surface area contributed by atoms with Crippen LogP contribution in [0.25, 0.3) is 0 Å². The van der Waals surface area contributed by atoms with E-state index in [1.165, 1.54) is 6.42 Å². The number of rotatable bonds is 2. The van der Waals surface area contributed by atoms with Crippen molar-refractivity contribution in [2.45, 2.75) is 52.1 Å². The number of nitrogens with two attached hydrogens (primary N) is 1. The zero-order chi connectivity index (χ0) is 10.1. The van der Waals surface area contributed by atoms with Crippen molar-refractivity contribution in [2.75, 3.05) is 0 Å². The molecule has 0 aromatic carbocycles. The summed E-state index contributed by atoms with van der Waals surface area (Å²) in [6.07, 6.45) is 3.35. The molecule has 0 spiro atoms. The third kappa shape index (κ3) is 2.99. The van der Waals surface area contributed by atoms with Crippen LogP contribution < -0.4 is 11.1 Å². The fourth-order valence-electron chi connectivity index (χ4n) is 1.89. The van der Waals surface area contributed by atoms with Crippen molar-refractivity contribution < 1.29 is 4.79 Å². The molecule has 1 saturated carbocycles. The quantitative estimate of drug-likeness (QED) is 0.673. The van der Waals surface area contributed by atoms with Gasteiger partial charge in [-0.3, -0.25) is 4.79 Å². The van der Waals surface area contributed by atoms with Gasteiger partial charge >= 0.3 is 0 Å². The second-order valence-electron chi connectivity index (χ2n) is 4.90. The fraction of sp³-hybridized carbons (Fsp3) is 0.900. The average molecular weight is 184 g/mol. The van der Waals surface area contributed by atoms with Crippen LogP contribution >= 0.6 is 0 Å². The molecule has 0 saturated heterocycles. The molecular formula is C10H20N2O. The van der Waals surface area contributed by atoms with E-state index in [2.05, 4.69) is 19.2 Å². The lowest BCUT2D eigenvalue weighted by atomic mass is 9.92. The molecule has 0 aromatic heterocycles. The Morgan fingerprint density at radius 1 is 1.62 bits per heavy atom. The van der Waals surface area contributed by atoms with Gasteiger partial charge in [-0.05, 0) is 31.6 Å². The highest BCUT2D eigenvalue weighted by atomic mass is 16.2.